The van der Waals surface area contributed by atoms with Crippen LogP contribution in [0.2, 0.25) is 0 Å². The lowest BCUT2D eigenvalue weighted by Crippen LogP contribution is -2.02. The Morgan fingerprint density at radius 3 is 3.00 bits per heavy atom. The first-order valence-electron chi connectivity index (χ1n) is 5.86. The number of aryl methyl sites for hydroxylation is 1. The summed E-state index contributed by atoms with van der Waals surface area (Å²) in [4.78, 5) is 10.2. The molecule has 0 aliphatic rings. The number of aliphatic hydroxyl groups excluding tert-OH is 1. The Bertz CT molecular complexity index is 645. The zero-order chi connectivity index (χ0) is 12.4. The minimum Gasteiger partial charge on any atom is -0.396 e. The number of thiophene rings is 1. The van der Waals surface area contributed by atoms with Crippen LogP contribution in [0.25, 0.3) is 21.9 Å². The Morgan fingerprint density at radius 1 is 1.28 bits per heavy atom. The standard InChI is InChI=1S/C13H13N3OS/c17-8-3-7-16-12-10(4-1-6-14-12)15-13(16)11-5-2-9-18-11/h1-2,4-6,9,17H,3,7-8H2. The summed E-state index contributed by atoms with van der Waals surface area (Å²) in [5.41, 5.74) is 1.79. The predicted molar refractivity (Wildman–Crippen MR) is 72.5 cm³/mol. The monoisotopic (exact) mass is 259 g/mol. The van der Waals surface area contributed by atoms with Gasteiger partial charge in [-0.3, -0.25) is 0 Å². The van der Waals surface area contributed by atoms with Gasteiger partial charge in [-0.25, -0.2) is 9.97 Å². The van der Waals surface area contributed by atoms with Crippen molar-refractivity contribution in [3.63, 3.8) is 0 Å². The van der Waals surface area contributed by atoms with Gasteiger partial charge in [0.15, 0.2) is 11.5 Å². The first-order valence-corrected chi connectivity index (χ1v) is 6.74. The average Bonchev–Trinajstić information content (AvgIpc) is 3.03. The number of rotatable bonds is 4. The highest BCUT2D eigenvalue weighted by molar-refractivity contribution is 7.13. The van der Waals surface area contributed by atoms with E-state index < -0.39 is 0 Å². The van der Waals surface area contributed by atoms with E-state index in [0.717, 1.165) is 28.4 Å². The van der Waals surface area contributed by atoms with Gasteiger partial charge < -0.3 is 9.67 Å². The summed E-state index contributed by atoms with van der Waals surface area (Å²) in [6, 6.07) is 7.93. The molecule has 0 aromatic carbocycles. The van der Waals surface area contributed by atoms with Crippen LogP contribution in [0.3, 0.4) is 0 Å². The Hall–Kier alpha value is -1.72. The van der Waals surface area contributed by atoms with Gasteiger partial charge in [0, 0.05) is 19.3 Å². The van der Waals surface area contributed by atoms with Crippen molar-refractivity contribution >= 4 is 22.5 Å². The van der Waals surface area contributed by atoms with Crippen molar-refractivity contribution in [2.75, 3.05) is 6.61 Å². The SMILES string of the molecule is OCCCn1c(-c2cccs2)nc2cccnc21. The molecule has 3 aromatic heterocycles. The minimum atomic E-state index is 0.177. The average molecular weight is 259 g/mol. The number of nitrogens with zero attached hydrogens (tertiary/aromatic N) is 3. The lowest BCUT2D eigenvalue weighted by molar-refractivity contribution is 0.280. The molecule has 0 fully saturated rings. The van der Waals surface area contributed by atoms with Crippen molar-refractivity contribution in [2.45, 2.75) is 13.0 Å². The number of hydrogen-bond donors (Lipinski definition) is 1. The van der Waals surface area contributed by atoms with E-state index in [2.05, 4.69) is 20.6 Å². The number of fused-ring (bicyclic) bond motifs is 1. The Labute approximate surface area is 109 Å². The van der Waals surface area contributed by atoms with Gasteiger partial charge in [0.2, 0.25) is 0 Å². The smallest absolute Gasteiger partial charge is 0.160 e. The molecule has 5 heteroatoms. The van der Waals surface area contributed by atoms with Crippen molar-refractivity contribution in [1.29, 1.82) is 0 Å². The van der Waals surface area contributed by atoms with Crippen LogP contribution >= 0.6 is 11.3 Å². The fraction of sp³-hybridized carbons (Fsp3) is 0.231. The van der Waals surface area contributed by atoms with Crippen molar-refractivity contribution in [1.82, 2.24) is 14.5 Å². The van der Waals surface area contributed by atoms with Gasteiger partial charge in [0.1, 0.15) is 5.52 Å². The topological polar surface area (TPSA) is 50.9 Å². The van der Waals surface area contributed by atoms with Crippen LogP contribution in [-0.2, 0) is 6.54 Å². The Kier molecular flexibility index (Phi) is 3.08. The highest BCUT2D eigenvalue weighted by Crippen LogP contribution is 2.27. The van der Waals surface area contributed by atoms with E-state index in [1.54, 1.807) is 17.5 Å². The largest absolute Gasteiger partial charge is 0.396 e. The lowest BCUT2D eigenvalue weighted by Gasteiger charge is -2.05. The maximum atomic E-state index is 9.01. The molecule has 0 aliphatic carbocycles. The summed E-state index contributed by atoms with van der Waals surface area (Å²) in [6.07, 6.45) is 2.48. The van der Waals surface area contributed by atoms with Gasteiger partial charge in [-0.15, -0.1) is 11.3 Å². The van der Waals surface area contributed by atoms with E-state index in [0.29, 0.717) is 6.42 Å². The summed E-state index contributed by atoms with van der Waals surface area (Å²) < 4.78 is 2.08. The molecule has 0 unspecified atom stereocenters. The van der Waals surface area contributed by atoms with Crippen LogP contribution in [0.15, 0.2) is 35.8 Å². The van der Waals surface area contributed by atoms with E-state index in [1.165, 1.54) is 0 Å². The molecule has 3 heterocycles. The third-order valence-electron chi connectivity index (χ3n) is 2.79. The highest BCUT2D eigenvalue weighted by atomic mass is 32.1. The molecule has 0 aliphatic heterocycles. The number of aliphatic hydroxyl groups is 1. The summed E-state index contributed by atoms with van der Waals surface area (Å²) >= 11 is 1.67. The predicted octanol–water partition coefficient (Wildman–Crippen LogP) is 2.54. The van der Waals surface area contributed by atoms with E-state index in [4.69, 9.17) is 5.11 Å². The molecular weight excluding hydrogens is 246 g/mol. The fourth-order valence-corrected chi connectivity index (χ4v) is 2.72. The quantitative estimate of drug-likeness (QED) is 0.783. The van der Waals surface area contributed by atoms with Gasteiger partial charge in [-0.05, 0) is 30.0 Å². The van der Waals surface area contributed by atoms with Gasteiger partial charge in [0.05, 0.1) is 4.88 Å². The molecule has 0 saturated heterocycles. The first-order chi connectivity index (χ1) is 8.90. The number of pyridine rings is 1. The summed E-state index contributed by atoms with van der Waals surface area (Å²) in [5, 5.41) is 11.0. The second-order valence-electron chi connectivity index (χ2n) is 3.99. The Morgan fingerprint density at radius 2 is 2.22 bits per heavy atom. The normalized spacial score (nSPS) is 11.2. The molecule has 4 nitrogen and oxygen atoms in total. The number of hydrogen-bond acceptors (Lipinski definition) is 4. The molecule has 1 N–H and O–H groups in total. The molecule has 0 spiro atoms. The molecule has 0 amide bonds. The van der Waals surface area contributed by atoms with E-state index in [1.807, 2.05) is 23.6 Å². The molecule has 0 saturated carbocycles. The van der Waals surface area contributed by atoms with Crippen LogP contribution in [0.4, 0.5) is 0 Å². The second kappa shape index (κ2) is 4.88. The molecule has 92 valence electrons. The number of imidazole rings is 1. The molecular formula is C13H13N3OS. The van der Waals surface area contributed by atoms with Crippen LogP contribution < -0.4 is 0 Å². The molecule has 0 bridgehead atoms. The maximum absolute atomic E-state index is 9.01. The summed E-state index contributed by atoms with van der Waals surface area (Å²) in [6.45, 7) is 0.910. The minimum absolute atomic E-state index is 0.177. The van der Waals surface area contributed by atoms with Crippen LogP contribution in [0, 0.1) is 0 Å². The second-order valence-corrected chi connectivity index (χ2v) is 4.94. The van der Waals surface area contributed by atoms with E-state index in [9.17, 15) is 0 Å². The van der Waals surface area contributed by atoms with Crippen molar-refractivity contribution < 1.29 is 5.11 Å². The number of aromatic nitrogens is 3. The zero-order valence-corrected chi connectivity index (χ0v) is 10.6. The zero-order valence-electron chi connectivity index (χ0n) is 9.78. The fourth-order valence-electron chi connectivity index (χ4n) is 1.99. The molecule has 0 radical (unpaired) electrons. The van der Waals surface area contributed by atoms with Crippen molar-refractivity contribution in [3.8, 4) is 10.7 Å². The molecule has 3 rings (SSSR count). The third-order valence-corrected chi connectivity index (χ3v) is 3.65. The highest BCUT2D eigenvalue weighted by Gasteiger charge is 2.13. The van der Waals surface area contributed by atoms with Crippen LogP contribution in [-0.4, -0.2) is 26.2 Å². The van der Waals surface area contributed by atoms with E-state index >= 15 is 0 Å². The first kappa shape index (κ1) is 11.4. The van der Waals surface area contributed by atoms with Gasteiger partial charge in [-0.2, -0.15) is 0 Å². The maximum Gasteiger partial charge on any atom is 0.160 e. The summed E-state index contributed by atoms with van der Waals surface area (Å²) in [7, 11) is 0. The summed E-state index contributed by atoms with van der Waals surface area (Å²) in [5.74, 6) is 0.937. The Balaban J connectivity index is 2.17. The third kappa shape index (κ3) is 1.91. The molecule has 3 aromatic rings. The van der Waals surface area contributed by atoms with Crippen molar-refractivity contribution in [3.05, 3.63) is 35.8 Å². The van der Waals surface area contributed by atoms with Gasteiger partial charge in [0.25, 0.3) is 0 Å². The van der Waals surface area contributed by atoms with Crippen LogP contribution in [0.5, 0.6) is 0 Å². The lowest BCUT2D eigenvalue weighted by atomic mass is 10.4. The van der Waals surface area contributed by atoms with Gasteiger partial charge >= 0.3 is 0 Å². The van der Waals surface area contributed by atoms with E-state index in [-0.39, 0.29) is 6.61 Å². The molecule has 0 atom stereocenters. The van der Waals surface area contributed by atoms with Crippen LogP contribution in [0.1, 0.15) is 6.42 Å². The van der Waals surface area contributed by atoms with Gasteiger partial charge in [-0.1, -0.05) is 6.07 Å². The van der Waals surface area contributed by atoms with Crippen molar-refractivity contribution in [2.24, 2.45) is 0 Å². The molecule has 18 heavy (non-hydrogen) atoms.